The zero-order valence-corrected chi connectivity index (χ0v) is 15.7. The zero-order valence-electron chi connectivity index (χ0n) is 15.0. The molecular formula is C20H19ClN4O2. The maximum absolute atomic E-state index is 12.5. The molecule has 6 nitrogen and oxygen atoms in total. The third-order valence-electron chi connectivity index (χ3n) is 3.79. The number of carbonyl (C=O) groups excluding carboxylic acids is 1. The normalized spacial score (nSPS) is 10.3. The number of nitrogens with one attached hydrogen (secondary N) is 2. The van der Waals surface area contributed by atoms with E-state index in [4.69, 9.17) is 16.3 Å². The first-order valence-electron chi connectivity index (χ1n) is 8.33. The number of anilines is 2. The quantitative estimate of drug-likeness (QED) is 0.670. The number of hydrogen-bond donors (Lipinski definition) is 2. The Hall–Kier alpha value is -3.12. The van der Waals surface area contributed by atoms with Crippen LogP contribution in [0.25, 0.3) is 0 Å². The molecule has 1 aromatic heterocycles. The summed E-state index contributed by atoms with van der Waals surface area (Å²) in [5.74, 6) is 0.616. The highest BCUT2D eigenvalue weighted by Gasteiger charge is 2.12. The second kappa shape index (κ2) is 8.51. The molecule has 0 atom stereocenters. The molecule has 0 aliphatic heterocycles. The van der Waals surface area contributed by atoms with Crippen molar-refractivity contribution in [1.29, 1.82) is 0 Å². The molecular weight excluding hydrogens is 364 g/mol. The molecule has 0 aliphatic carbocycles. The number of ether oxygens (including phenoxy) is 1. The van der Waals surface area contributed by atoms with Gasteiger partial charge in [-0.25, -0.2) is 9.97 Å². The average Bonchev–Trinajstić information content (AvgIpc) is 2.66. The highest BCUT2D eigenvalue weighted by molar-refractivity contribution is 6.31. The summed E-state index contributed by atoms with van der Waals surface area (Å²) in [5, 5.41) is 6.47. The Morgan fingerprint density at radius 2 is 1.89 bits per heavy atom. The van der Waals surface area contributed by atoms with Crippen LogP contribution in [-0.4, -0.2) is 23.0 Å². The van der Waals surface area contributed by atoms with Crippen molar-refractivity contribution in [1.82, 2.24) is 15.3 Å². The predicted octanol–water partition coefficient (Wildman–Crippen LogP) is 4.12. The lowest BCUT2D eigenvalue weighted by Crippen LogP contribution is -2.24. The Balaban J connectivity index is 1.78. The number of amides is 1. The number of aryl methyl sites for hydroxylation is 1. The molecule has 7 heteroatoms. The van der Waals surface area contributed by atoms with Gasteiger partial charge in [0.1, 0.15) is 11.4 Å². The van der Waals surface area contributed by atoms with E-state index < -0.39 is 0 Å². The van der Waals surface area contributed by atoms with Crippen molar-refractivity contribution < 1.29 is 9.53 Å². The van der Waals surface area contributed by atoms with Gasteiger partial charge in [-0.15, -0.1) is 0 Å². The highest BCUT2D eigenvalue weighted by Crippen LogP contribution is 2.29. The van der Waals surface area contributed by atoms with E-state index in [1.807, 2.05) is 30.3 Å². The van der Waals surface area contributed by atoms with Crippen molar-refractivity contribution in [3.8, 4) is 5.75 Å². The summed E-state index contributed by atoms with van der Waals surface area (Å²) >= 11 is 6.05. The molecule has 138 valence electrons. The number of benzene rings is 2. The molecule has 0 aliphatic rings. The van der Waals surface area contributed by atoms with Gasteiger partial charge in [0.2, 0.25) is 5.95 Å². The van der Waals surface area contributed by atoms with Crippen LogP contribution in [0, 0.1) is 6.92 Å². The molecule has 1 heterocycles. The van der Waals surface area contributed by atoms with Gasteiger partial charge in [0.05, 0.1) is 12.8 Å². The predicted molar refractivity (Wildman–Crippen MR) is 106 cm³/mol. The summed E-state index contributed by atoms with van der Waals surface area (Å²) < 4.78 is 5.31. The van der Waals surface area contributed by atoms with E-state index in [1.54, 1.807) is 38.3 Å². The van der Waals surface area contributed by atoms with E-state index in [9.17, 15) is 4.79 Å². The van der Waals surface area contributed by atoms with Crippen LogP contribution in [0.5, 0.6) is 5.75 Å². The van der Waals surface area contributed by atoms with Gasteiger partial charge in [-0.2, -0.15) is 0 Å². The highest BCUT2D eigenvalue weighted by atomic mass is 35.5. The molecule has 0 saturated carbocycles. The summed E-state index contributed by atoms with van der Waals surface area (Å²) in [7, 11) is 1.56. The molecule has 2 aromatic carbocycles. The van der Waals surface area contributed by atoms with Crippen LogP contribution >= 0.6 is 11.6 Å². The minimum absolute atomic E-state index is 0.273. The maximum Gasteiger partial charge on any atom is 0.270 e. The third kappa shape index (κ3) is 4.95. The lowest BCUT2D eigenvalue weighted by Gasteiger charge is -2.12. The summed E-state index contributed by atoms with van der Waals surface area (Å²) in [4.78, 5) is 21.1. The number of rotatable bonds is 6. The minimum atomic E-state index is -0.273. The fraction of sp³-hybridized carbons (Fsp3) is 0.150. The molecule has 0 unspecified atom stereocenters. The fourth-order valence-electron chi connectivity index (χ4n) is 2.51. The molecule has 0 saturated heterocycles. The van der Waals surface area contributed by atoms with Crippen molar-refractivity contribution >= 4 is 29.1 Å². The minimum Gasteiger partial charge on any atom is -0.495 e. The van der Waals surface area contributed by atoms with Crippen molar-refractivity contribution in [3.63, 3.8) is 0 Å². The number of halogens is 1. The first-order valence-corrected chi connectivity index (χ1v) is 8.71. The summed E-state index contributed by atoms with van der Waals surface area (Å²) in [5.41, 5.74) is 2.57. The molecule has 1 amide bonds. The van der Waals surface area contributed by atoms with Crippen LogP contribution in [0.2, 0.25) is 5.02 Å². The van der Waals surface area contributed by atoms with Gasteiger partial charge in [0.25, 0.3) is 5.91 Å². The van der Waals surface area contributed by atoms with Crippen molar-refractivity contribution in [2.24, 2.45) is 0 Å². The SMILES string of the molecule is COc1ccc(Cl)cc1Nc1nc(C)cc(C(=O)NCc2ccccc2)n1. The molecule has 3 aromatic rings. The molecule has 3 rings (SSSR count). The topological polar surface area (TPSA) is 76.1 Å². The fourth-order valence-corrected chi connectivity index (χ4v) is 2.68. The number of carbonyl (C=O) groups is 1. The Labute approximate surface area is 162 Å². The van der Waals surface area contributed by atoms with E-state index in [0.717, 1.165) is 5.56 Å². The Morgan fingerprint density at radius 3 is 2.63 bits per heavy atom. The van der Waals surface area contributed by atoms with Gasteiger partial charge < -0.3 is 15.4 Å². The van der Waals surface area contributed by atoms with Crippen LogP contribution in [0.15, 0.2) is 54.6 Å². The van der Waals surface area contributed by atoms with E-state index in [2.05, 4.69) is 20.6 Å². The standard InChI is InChI=1S/C20H19ClN4O2/c1-13-10-17(19(26)22-12-14-6-4-3-5-7-14)25-20(23-13)24-16-11-15(21)8-9-18(16)27-2/h3-11H,12H2,1-2H3,(H,22,26)(H,23,24,25). The van der Waals surface area contributed by atoms with Crippen LogP contribution < -0.4 is 15.4 Å². The number of nitrogens with zero attached hydrogens (tertiary/aromatic N) is 2. The third-order valence-corrected chi connectivity index (χ3v) is 4.03. The molecule has 0 radical (unpaired) electrons. The van der Waals surface area contributed by atoms with E-state index in [-0.39, 0.29) is 11.6 Å². The van der Waals surface area contributed by atoms with Gasteiger partial charge >= 0.3 is 0 Å². The maximum atomic E-state index is 12.5. The lowest BCUT2D eigenvalue weighted by atomic mass is 10.2. The molecule has 0 spiro atoms. The van der Waals surface area contributed by atoms with Crippen LogP contribution in [-0.2, 0) is 6.54 Å². The van der Waals surface area contributed by atoms with Gasteiger partial charge in [-0.3, -0.25) is 4.79 Å². The average molecular weight is 383 g/mol. The molecule has 2 N–H and O–H groups in total. The van der Waals surface area contributed by atoms with Crippen molar-refractivity contribution in [3.05, 3.63) is 76.6 Å². The van der Waals surface area contributed by atoms with Gasteiger partial charge in [0.15, 0.2) is 0 Å². The summed E-state index contributed by atoms with van der Waals surface area (Å²) in [6, 6.07) is 16.5. The van der Waals surface area contributed by atoms with E-state index in [0.29, 0.717) is 34.6 Å². The number of aromatic nitrogens is 2. The van der Waals surface area contributed by atoms with Crippen LogP contribution in [0.4, 0.5) is 11.6 Å². The van der Waals surface area contributed by atoms with Gasteiger partial charge in [-0.05, 0) is 36.8 Å². The molecule has 0 bridgehead atoms. The van der Waals surface area contributed by atoms with Crippen LogP contribution in [0.1, 0.15) is 21.7 Å². The zero-order chi connectivity index (χ0) is 19.2. The number of methoxy groups -OCH3 is 1. The van der Waals surface area contributed by atoms with Gasteiger partial charge in [-0.1, -0.05) is 41.9 Å². The first kappa shape index (κ1) is 18.7. The second-order valence-corrected chi connectivity index (χ2v) is 6.29. The van der Waals surface area contributed by atoms with Crippen molar-refractivity contribution in [2.75, 3.05) is 12.4 Å². The summed E-state index contributed by atoms with van der Waals surface area (Å²) in [6.07, 6.45) is 0. The van der Waals surface area contributed by atoms with E-state index >= 15 is 0 Å². The smallest absolute Gasteiger partial charge is 0.270 e. The van der Waals surface area contributed by atoms with Crippen molar-refractivity contribution in [2.45, 2.75) is 13.5 Å². The largest absolute Gasteiger partial charge is 0.495 e. The Kier molecular flexibility index (Phi) is 5.88. The first-order chi connectivity index (χ1) is 13.0. The van der Waals surface area contributed by atoms with E-state index in [1.165, 1.54) is 0 Å². The lowest BCUT2D eigenvalue weighted by molar-refractivity contribution is 0.0945. The Bertz CT molecular complexity index is 948. The molecule has 0 fully saturated rings. The Morgan fingerprint density at radius 1 is 1.11 bits per heavy atom. The second-order valence-electron chi connectivity index (χ2n) is 5.86. The molecule has 27 heavy (non-hydrogen) atoms. The summed E-state index contributed by atoms with van der Waals surface area (Å²) in [6.45, 7) is 2.23. The number of hydrogen-bond acceptors (Lipinski definition) is 5. The monoisotopic (exact) mass is 382 g/mol. The van der Waals surface area contributed by atoms with Crippen LogP contribution in [0.3, 0.4) is 0 Å². The van der Waals surface area contributed by atoms with Gasteiger partial charge in [0, 0.05) is 17.3 Å².